The standard InChI is InChI=1S/C28H30Cl2OSi/c1-6-13-31-27-18(5)14-17(4)15-23(27)25-24(30)12-11-21-20-10-9-19(29)16-22(20)28(26(21)25)32(7-2)8-3/h6,9-12,14-16,28,32H,1,7-8,13H2,2-5H3. The molecule has 0 heterocycles. The molecule has 1 nitrogen and oxygen atoms in total. The molecule has 4 rings (SSSR count). The Morgan fingerprint density at radius 1 is 0.969 bits per heavy atom. The number of rotatable bonds is 7. The van der Waals surface area contributed by atoms with Crippen molar-refractivity contribution >= 4 is 32.0 Å². The fourth-order valence-electron chi connectivity index (χ4n) is 5.34. The summed E-state index contributed by atoms with van der Waals surface area (Å²) in [7, 11) is -1.15. The predicted octanol–water partition coefficient (Wildman–Crippen LogP) is 8.76. The van der Waals surface area contributed by atoms with E-state index in [1.807, 2.05) is 12.1 Å². The summed E-state index contributed by atoms with van der Waals surface area (Å²) in [5.41, 5.74) is 10.2. The van der Waals surface area contributed by atoms with E-state index in [4.69, 9.17) is 27.9 Å². The Labute approximate surface area is 203 Å². The first kappa shape index (κ1) is 23.2. The first-order valence-corrected chi connectivity index (χ1v) is 14.4. The monoisotopic (exact) mass is 480 g/mol. The lowest BCUT2D eigenvalue weighted by Gasteiger charge is -2.26. The molecule has 1 unspecified atom stereocenters. The highest BCUT2D eigenvalue weighted by atomic mass is 35.5. The zero-order valence-corrected chi connectivity index (χ0v) is 21.9. The van der Waals surface area contributed by atoms with Crippen molar-refractivity contribution in [1.29, 1.82) is 0 Å². The fraction of sp³-hybridized carbons (Fsp3) is 0.286. The molecular formula is C28H30Cl2OSi. The average Bonchev–Trinajstić information content (AvgIpc) is 3.07. The van der Waals surface area contributed by atoms with Crippen molar-refractivity contribution in [2.45, 2.75) is 45.3 Å². The summed E-state index contributed by atoms with van der Waals surface area (Å²) >= 11 is 13.5. The van der Waals surface area contributed by atoms with Gasteiger partial charge >= 0.3 is 0 Å². The van der Waals surface area contributed by atoms with Gasteiger partial charge in [-0.3, -0.25) is 0 Å². The summed E-state index contributed by atoms with van der Waals surface area (Å²) in [5.74, 6) is 0.893. The number of halogens is 2. The third-order valence-electron chi connectivity index (χ3n) is 6.70. The van der Waals surface area contributed by atoms with Gasteiger partial charge in [-0.15, -0.1) is 0 Å². The highest BCUT2D eigenvalue weighted by Crippen LogP contribution is 2.54. The van der Waals surface area contributed by atoms with Gasteiger partial charge in [0.15, 0.2) is 0 Å². The first-order valence-electron chi connectivity index (χ1n) is 11.4. The van der Waals surface area contributed by atoms with Gasteiger partial charge in [0.1, 0.15) is 12.4 Å². The van der Waals surface area contributed by atoms with Crippen LogP contribution in [-0.2, 0) is 0 Å². The molecule has 1 atom stereocenters. The molecule has 166 valence electrons. The number of ether oxygens (including phenoxy) is 1. The van der Waals surface area contributed by atoms with Crippen molar-refractivity contribution in [3.8, 4) is 28.0 Å². The summed E-state index contributed by atoms with van der Waals surface area (Å²) in [6.07, 6.45) is 1.79. The van der Waals surface area contributed by atoms with E-state index in [2.05, 4.69) is 64.6 Å². The van der Waals surface area contributed by atoms with Gasteiger partial charge in [-0.25, -0.2) is 0 Å². The third-order valence-corrected chi connectivity index (χ3v) is 11.0. The van der Waals surface area contributed by atoms with Gasteiger partial charge in [0.2, 0.25) is 0 Å². The van der Waals surface area contributed by atoms with Gasteiger partial charge in [0.25, 0.3) is 0 Å². The van der Waals surface area contributed by atoms with E-state index >= 15 is 0 Å². The van der Waals surface area contributed by atoms with Gasteiger partial charge < -0.3 is 4.74 Å². The SMILES string of the molecule is C=CCOc1c(C)cc(C)cc1-c1c(Cl)ccc2c1C([SiH](CC)CC)c1cc(Cl)ccc1-2. The summed E-state index contributed by atoms with van der Waals surface area (Å²) in [5, 5.41) is 1.58. The number of hydrogen-bond donors (Lipinski definition) is 0. The van der Waals surface area contributed by atoms with E-state index in [-0.39, 0.29) is 0 Å². The predicted molar refractivity (Wildman–Crippen MR) is 142 cm³/mol. The topological polar surface area (TPSA) is 9.23 Å². The Bertz CT molecular complexity index is 1180. The lowest BCUT2D eigenvalue weighted by atomic mass is 9.92. The maximum Gasteiger partial charge on any atom is 0.130 e. The second kappa shape index (κ2) is 9.47. The Morgan fingerprint density at radius 2 is 1.69 bits per heavy atom. The average molecular weight is 482 g/mol. The Morgan fingerprint density at radius 3 is 2.38 bits per heavy atom. The zero-order valence-electron chi connectivity index (χ0n) is 19.3. The Balaban J connectivity index is 2.06. The maximum atomic E-state index is 7.00. The molecule has 1 aliphatic rings. The number of fused-ring (bicyclic) bond motifs is 3. The van der Waals surface area contributed by atoms with Gasteiger partial charge in [-0.05, 0) is 71.5 Å². The molecule has 0 aliphatic heterocycles. The molecule has 0 spiro atoms. The molecule has 1 aliphatic carbocycles. The number of benzene rings is 3. The molecule has 0 fully saturated rings. The molecule has 0 N–H and O–H groups in total. The molecule has 0 bridgehead atoms. The fourth-order valence-corrected chi connectivity index (χ4v) is 8.91. The van der Waals surface area contributed by atoms with Crippen LogP contribution in [0.1, 0.15) is 41.6 Å². The second-order valence-electron chi connectivity index (χ2n) is 8.73. The van der Waals surface area contributed by atoms with Crippen molar-refractivity contribution in [1.82, 2.24) is 0 Å². The molecule has 0 saturated carbocycles. The van der Waals surface area contributed by atoms with Gasteiger partial charge in [-0.2, -0.15) is 0 Å². The number of hydrogen-bond acceptors (Lipinski definition) is 1. The van der Waals surface area contributed by atoms with Crippen LogP contribution in [-0.4, -0.2) is 15.4 Å². The summed E-state index contributed by atoms with van der Waals surface area (Å²) in [4.78, 5) is 0. The Hall–Kier alpha value is -2.00. The minimum atomic E-state index is -1.15. The van der Waals surface area contributed by atoms with Crippen LogP contribution in [0.5, 0.6) is 5.75 Å². The molecule has 0 aromatic heterocycles. The zero-order chi connectivity index (χ0) is 23.0. The molecule has 0 radical (unpaired) electrons. The molecule has 32 heavy (non-hydrogen) atoms. The first-order chi connectivity index (χ1) is 15.4. The highest BCUT2D eigenvalue weighted by Gasteiger charge is 2.37. The molecule has 3 aromatic carbocycles. The minimum absolute atomic E-state index is 0.385. The largest absolute Gasteiger partial charge is 0.489 e. The molecule has 0 amide bonds. The van der Waals surface area contributed by atoms with Crippen molar-refractivity contribution in [2.24, 2.45) is 0 Å². The second-order valence-corrected chi connectivity index (χ2v) is 13.4. The molecule has 3 aromatic rings. The van der Waals surface area contributed by atoms with Gasteiger partial charge in [-0.1, -0.05) is 80.0 Å². The minimum Gasteiger partial charge on any atom is -0.489 e. The van der Waals surface area contributed by atoms with Crippen LogP contribution in [0.15, 0.2) is 55.1 Å². The summed E-state index contributed by atoms with van der Waals surface area (Å²) in [6, 6.07) is 17.4. The van der Waals surface area contributed by atoms with Crippen LogP contribution in [0, 0.1) is 13.8 Å². The Kier molecular flexibility index (Phi) is 6.85. The lowest BCUT2D eigenvalue weighted by Crippen LogP contribution is -2.22. The van der Waals surface area contributed by atoms with Crippen molar-refractivity contribution in [3.05, 3.63) is 87.4 Å². The van der Waals surface area contributed by atoms with Crippen LogP contribution >= 0.6 is 23.2 Å². The highest BCUT2D eigenvalue weighted by molar-refractivity contribution is 6.62. The van der Waals surface area contributed by atoms with E-state index < -0.39 is 8.80 Å². The van der Waals surface area contributed by atoms with Crippen LogP contribution < -0.4 is 4.74 Å². The van der Waals surface area contributed by atoms with Crippen LogP contribution in [0.3, 0.4) is 0 Å². The molecule has 4 heteroatoms. The van der Waals surface area contributed by atoms with Crippen LogP contribution in [0.2, 0.25) is 22.1 Å². The lowest BCUT2D eigenvalue weighted by molar-refractivity contribution is 0.362. The third kappa shape index (κ3) is 3.94. The summed E-state index contributed by atoms with van der Waals surface area (Å²) < 4.78 is 6.20. The number of aryl methyl sites for hydroxylation is 2. The quantitative estimate of drug-likeness (QED) is 0.242. The molecular weight excluding hydrogens is 451 g/mol. The van der Waals surface area contributed by atoms with Crippen LogP contribution in [0.4, 0.5) is 0 Å². The summed E-state index contributed by atoms with van der Waals surface area (Å²) in [6.45, 7) is 13.2. The van der Waals surface area contributed by atoms with E-state index in [0.717, 1.165) is 32.5 Å². The normalized spacial score (nSPS) is 14.4. The van der Waals surface area contributed by atoms with Crippen molar-refractivity contribution in [3.63, 3.8) is 0 Å². The maximum absolute atomic E-state index is 7.00. The van der Waals surface area contributed by atoms with E-state index in [0.29, 0.717) is 12.1 Å². The van der Waals surface area contributed by atoms with Gasteiger partial charge in [0, 0.05) is 35.5 Å². The van der Waals surface area contributed by atoms with Crippen LogP contribution in [0.25, 0.3) is 22.3 Å². The smallest absolute Gasteiger partial charge is 0.130 e. The van der Waals surface area contributed by atoms with E-state index in [1.54, 1.807) is 6.08 Å². The van der Waals surface area contributed by atoms with E-state index in [9.17, 15) is 0 Å². The van der Waals surface area contributed by atoms with Crippen molar-refractivity contribution in [2.75, 3.05) is 6.61 Å². The van der Waals surface area contributed by atoms with Crippen molar-refractivity contribution < 1.29 is 4.74 Å². The van der Waals surface area contributed by atoms with E-state index in [1.165, 1.54) is 39.9 Å². The molecule has 0 saturated heterocycles. The van der Waals surface area contributed by atoms with Gasteiger partial charge in [0.05, 0.1) is 0 Å².